The van der Waals surface area contributed by atoms with E-state index in [1.807, 2.05) is 6.92 Å². The van der Waals surface area contributed by atoms with Crippen molar-refractivity contribution in [3.8, 4) is 0 Å². The molecule has 0 saturated heterocycles. The first-order valence-electron chi connectivity index (χ1n) is 12.9. The van der Waals surface area contributed by atoms with Gasteiger partial charge in [-0.05, 0) is 89.9 Å². The zero-order valence-electron chi connectivity index (χ0n) is 22.1. The molecule has 0 spiro atoms. The maximum Gasteiger partial charge on any atom is 0.145 e. The van der Waals surface area contributed by atoms with Gasteiger partial charge in [-0.25, -0.2) is 4.98 Å². The van der Waals surface area contributed by atoms with Gasteiger partial charge in [0.05, 0.1) is 19.3 Å². The number of hydrogen-bond donors (Lipinski definition) is 0. The van der Waals surface area contributed by atoms with Gasteiger partial charge in [0.1, 0.15) is 5.65 Å². The quantitative estimate of drug-likeness (QED) is 0.181. The maximum atomic E-state index is 8.88. The largest absolute Gasteiger partial charge is 0.292 e. The highest BCUT2D eigenvalue weighted by atomic mass is 15.0. The molecular weight excluding hydrogens is 402 g/mol. The lowest BCUT2D eigenvalue weighted by Gasteiger charge is -2.43. The molecule has 2 aromatic carbocycles. The van der Waals surface area contributed by atoms with E-state index in [1.54, 1.807) is 0 Å². The SMILES string of the molecule is [2H]c1nc2c3cc(C)cc4c5ccc(C)nc5n(c5c6c(cc(c1[2H])c25)C(C)(C)CCC6(C)C)c43. The predicted molar refractivity (Wildman–Crippen MR) is 139 cm³/mol. The normalized spacial score (nSPS) is 18.5. The minimum absolute atomic E-state index is 0.0213. The second kappa shape index (κ2) is 5.83. The smallest absolute Gasteiger partial charge is 0.145 e. The van der Waals surface area contributed by atoms with E-state index in [1.165, 1.54) is 16.5 Å². The molecule has 0 unspecified atom stereocenters. The molecule has 33 heavy (non-hydrogen) atoms. The third kappa shape index (κ3) is 2.30. The lowest BCUT2D eigenvalue weighted by molar-refractivity contribution is 0.334. The third-order valence-corrected chi connectivity index (χ3v) is 8.15. The minimum atomic E-state index is -0.0393. The molecule has 4 aromatic heterocycles. The fourth-order valence-corrected chi connectivity index (χ4v) is 6.38. The summed E-state index contributed by atoms with van der Waals surface area (Å²) in [5, 5.41) is 5.17. The van der Waals surface area contributed by atoms with Crippen molar-refractivity contribution in [2.24, 2.45) is 0 Å². The summed E-state index contributed by atoms with van der Waals surface area (Å²) in [7, 11) is 0. The molecule has 7 rings (SSSR count). The van der Waals surface area contributed by atoms with Crippen LogP contribution in [0.2, 0.25) is 0 Å². The maximum absolute atomic E-state index is 8.88. The second-order valence-electron chi connectivity index (χ2n) is 11.4. The Labute approximate surface area is 196 Å². The minimum Gasteiger partial charge on any atom is -0.292 e. The van der Waals surface area contributed by atoms with Gasteiger partial charge in [0.15, 0.2) is 0 Å². The molecule has 0 aliphatic heterocycles. The van der Waals surface area contributed by atoms with Gasteiger partial charge in [0.2, 0.25) is 0 Å². The summed E-state index contributed by atoms with van der Waals surface area (Å²) in [5.74, 6) is 0. The van der Waals surface area contributed by atoms with Crippen molar-refractivity contribution >= 4 is 49.1 Å². The van der Waals surface area contributed by atoms with Crippen LogP contribution in [0.5, 0.6) is 0 Å². The van der Waals surface area contributed by atoms with E-state index >= 15 is 0 Å². The van der Waals surface area contributed by atoms with Gasteiger partial charge in [-0.2, -0.15) is 0 Å². The van der Waals surface area contributed by atoms with Crippen LogP contribution in [0.25, 0.3) is 49.1 Å². The number of pyridine rings is 3. The molecule has 3 nitrogen and oxygen atoms in total. The summed E-state index contributed by atoms with van der Waals surface area (Å²) in [5.41, 5.74) is 8.76. The Hall–Kier alpha value is -3.20. The molecule has 6 aromatic rings. The van der Waals surface area contributed by atoms with Gasteiger partial charge in [0, 0.05) is 33.4 Å². The van der Waals surface area contributed by atoms with Crippen molar-refractivity contribution in [3.63, 3.8) is 0 Å². The number of benzene rings is 2. The van der Waals surface area contributed by atoms with Crippen LogP contribution in [0.4, 0.5) is 0 Å². The molecule has 3 heteroatoms. The van der Waals surface area contributed by atoms with E-state index in [4.69, 9.17) is 12.7 Å². The number of hydrogen-bond acceptors (Lipinski definition) is 2. The second-order valence-corrected chi connectivity index (χ2v) is 11.4. The Morgan fingerprint density at radius 3 is 2.48 bits per heavy atom. The number of rotatable bonds is 0. The molecule has 0 atom stereocenters. The average Bonchev–Trinajstić information content (AvgIpc) is 3.10. The topological polar surface area (TPSA) is 30.2 Å². The summed E-state index contributed by atoms with van der Waals surface area (Å²) >= 11 is 0. The van der Waals surface area contributed by atoms with E-state index < -0.39 is 0 Å². The molecule has 0 bridgehead atoms. The standard InChI is InChI=1S/C30H29N3/c1-16-13-20-19-8-7-17(2)32-28(19)33-26(20)21(14-16)25-23-18(9-12-31-25)15-22-24(27(23)33)30(5,6)11-10-29(22,3)4/h7-9,12-15H,10-11H2,1-6H3/i9D,12D. The van der Waals surface area contributed by atoms with Crippen LogP contribution in [0, 0.1) is 13.8 Å². The van der Waals surface area contributed by atoms with E-state index in [9.17, 15) is 0 Å². The molecule has 0 N–H and O–H groups in total. The van der Waals surface area contributed by atoms with E-state index in [2.05, 4.69) is 69.4 Å². The summed E-state index contributed by atoms with van der Waals surface area (Å²) in [6, 6.07) is 11.1. The van der Waals surface area contributed by atoms with Crippen molar-refractivity contribution < 1.29 is 2.74 Å². The van der Waals surface area contributed by atoms with Crippen LogP contribution < -0.4 is 0 Å². The van der Waals surface area contributed by atoms with Crippen LogP contribution in [0.3, 0.4) is 0 Å². The lowest BCUT2D eigenvalue weighted by atomic mass is 9.62. The first-order chi connectivity index (χ1) is 16.5. The molecule has 164 valence electrons. The highest BCUT2D eigenvalue weighted by Crippen LogP contribution is 2.51. The molecule has 0 fully saturated rings. The number of nitrogens with zero attached hydrogens (tertiary/aromatic N) is 3. The van der Waals surface area contributed by atoms with Gasteiger partial charge in [-0.1, -0.05) is 33.8 Å². The molecule has 4 heterocycles. The van der Waals surface area contributed by atoms with Crippen molar-refractivity contribution in [2.45, 2.75) is 65.2 Å². The fourth-order valence-electron chi connectivity index (χ4n) is 6.38. The van der Waals surface area contributed by atoms with Gasteiger partial charge in [-0.3, -0.25) is 9.38 Å². The molecule has 1 aliphatic carbocycles. The van der Waals surface area contributed by atoms with Crippen LogP contribution >= 0.6 is 0 Å². The Balaban J connectivity index is 1.95. The van der Waals surface area contributed by atoms with E-state index in [0.717, 1.165) is 67.8 Å². The van der Waals surface area contributed by atoms with Crippen molar-refractivity contribution in [1.82, 2.24) is 14.4 Å². The Kier molecular flexibility index (Phi) is 3.05. The highest BCUT2D eigenvalue weighted by Gasteiger charge is 2.40. The summed E-state index contributed by atoms with van der Waals surface area (Å²) in [6.07, 6.45) is 2.22. The van der Waals surface area contributed by atoms with Crippen LogP contribution in [0.15, 0.2) is 42.5 Å². The van der Waals surface area contributed by atoms with Gasteiger partial charge < -0.3 is 0 Å². The first kappa shape index (κ1) is 17.3. The summed E-state index contributed by atoms with van der Waals surface area (Å²) in [6.45, 7) is 13.5. The third-order valence-electron chi connectivity index (χ3n) is 8.15. The molecule has 0 amide bonds. The number of aromatic nitrogens is 3. The number of aryl methyl sites for hydroxylation is 2. The monoisotopic (exact) mass is 433 g/mol. The first-order valence-corrected chi connectivity index (χ1v) is 11.9. The zero-order valence-corrected chi connectivity index (χ0v) is 20.1. The van der Waals surface area contributed by atoms with Crippen LogP contribution in [-0.2, 0) is 10.8 Å². The molecular formula is C30H29N3. The van der Waals surface area contributed by atoms with Gasteiger partial charge >= 0.3 is 0 Å². The van der Waals surface area contributed by atoms with E-state index in [0.29, 0.717) is 0 Å². The predicted octanol–water partition coefficient (Wildman–Crippen LogP) is 7.75. The highest BCUT2D eigenvalue weighted by molar-refractivity contribution is 6.26. The van der Waals surface area contributed by atoms with E-state index in [-0.39, 0.29) is 23.0 Å². The van der Waals surface area contributed by atoms with Crippen LogP contribution in [-0.4, -0.2) is 14.4 Å². The average molecular weight is 434 g/mol. The summed E-state index contributed by atoms with van der Waals surface area (Å²) in [4.78, 5) is 9.84. The molecule has 0 saturated carbocycles. The van der Waals surface area contributed by atoms with Gasteiger partial charge in [0.25, 0.3) is 0 Å². The zero-order chi connectivity index (χ0) is 24.6. The van der Waals surface area contributed by atoms with Crippen LogP contribution in [0.1, 0.15) is 65.7 Å². The Bertz CT molecular complexity index is 1890. The Morgan fingerprint density at radius 1 is 0.909 bits per heavy atom. The van der Waals surface area contributed by atoms with Gasteiger partial charge in [-0.15, -0.1) is 0 Å². The van der Waals surface area contributed by atoms with Crippen molar-refractivity contribution in [3.05, 3.63) is 64.9 Å². The lowest BCUT2D eigenvalue weighted by Crippen LogP contribution is -2.34. The van der Waals surface area contributed by atoms with Crippen molar-refractivity contribution in [2.75, 3.05) is 0 Å². The molecule has 0 radical (unpaired) electrons. The van der Waals surface area contributed by atoms with Crippen molar-refractivity contribution in [1.29, 1.82) is 0 Å². The summed E-state index contributed by atoms with van der Waals surface area (Å²) < 4.78 is 19.9. The Morgan fingerprint density at radius 2 is 1.67 bits per heavy atom. The number of fused-ring (bicyclic) bond motifs is 7. The fraction of sp³-hybridized carbons (Fsp3) is 0.333. The molecule has 1 aliphatic rings.